The molecule has 1 rings (SSSR count). The summed E-state index contributed by atoms with van der Waals surface area (Å²) in [5.41, 5.74) is 11.8. The number of hydrogen-bond acceptors (Lipinski definition) is 16. The second kappa shape index (κ2) is 29.1. The van der Waals surface area contributed by atoms with Crippen LogP contribution in [0.2, 0.25) is 0 Å². The Bertz CT molecular complexity index is 1920. The fourth-order valence-electron chi connectivity index (χ4n) is 5.79. The summed E-state index contributed by atoms with van der Waals surface area (Å²) in [5.74, 6) is -12.3. The Kier molecular flexibility index (Phi) is 25.4. The first-order valence-electron chi connectivity index (χ1n) is 20.7. The largest absolute Gasteiger partial charge is 0.508 e. The number of rotatable bonds is 30. The topological polar surface area (TPSA) is 437 Å². The van der Waals surface area contributed by atoms with Gasteiger partial charge >= 0.3 is 11.9 Å². The van der Waals surface area contributed by atoms with Crippen LogP contribution >= 0.6 is 11.8 Å². The number of carboxylic acid groups (broad SMARTS) is 2. The molecular weight excluding hydrogens is 909 g/mol. The van der Waals surface area contributed by atoms with E-state index in [-0.39, 0.29) is 25.0 Å². The van der Waals surface area contributed by atoms with Crippen LogP contribution in [0.1, 0.15) is 58.9 Å². The molecule has 0 aliphatic carbocycles. The Hall–Kier alpha value is -6.58. The van der Waals surface area contributed by atoms with Crippen LogP contribution in [0.25, 0.3) is 0 Å². The van der Waals surface area contributed by atoms with Crippen LogP contribution in [-0.2, 0) is 59.2 Å². The number of nitrogens with two attached hydrogens (primary N) is 2. The molecule has 27 heteroatoms. The van der Waals surface area contributed by atoms with E-state index in [0.717, 1.165) is 13.8 Å². The first-order valence-corrected chi connectivity index (χ1v) is 22.1. The van der Waals surface area contributed by atoms with Crippen molar-refractivity contribution in [3.8, 4) is 5.75 Å². The van der Waals surface area contributed by atoms with Crippen molar-refractivity contribution in [2.75, 3.05) is 25.2 Å². The van der Waals surface area contributed by atoms with Crippen LogP contribution < -0.4 is 54.0 Å². The minimum atomic E-state index is -1.78. The summed E-state index contributed by atoms with van der Waals surface area (Å²) in [6.07, 6.45) is -1.58. The molecule has 0 saturated heterocycles. The van der Waals surface area contributed by atoms with E-state index < -0.39 is 151 Å². The number of hydrogen-bond donors (Lipinski definition) is 15. The van der Waals surface area contributed by atoms with Crippen molar-refractivity contribution in [1.29, 1.82) is 0 Å². The van der Waals surface area contributed by atoms with Gasteiger partial charge in [-0.25, -0.2) is 4.79 Å². The molecule has 67 heavy (non-hydrogen) atoms. The molecule has 9 amide bonds. The van der Waals surface area contributed by atoms with Gasteiger partial charge in [-0.15, -0.1) is 0 Å². The maximum Gasteiger partial charge on any atom is 0.326 e. The highest BCUT2D eigenvalue weighted by molar-refractivity contribution is 7.98. The summed E-state index contributed by atoms with van der Waals surface area (Å²) >= 11 is 1.33. The third kappa shape index (κ3) is 21.5. The smallest absolute Gasteiger partial charge is 0.326 e. The molecule has 17 N–H and O–H groups in total. The lowest BCUT2D eigenvalue weighted by atomic mass is 10.0. The van der Waals surface area contributed by atoms with Gasteiger partial charge in [0.1, 0.15) is 48.0 Å². The molecule has 0 saturated carbocycles. The normalized spacial score (nSPS) is 15.0. The molecule has 9 atom stereocenters. The zero-order valence-corrected chi connectivity index (χ0v) is 38.3. The van der Waals surface area contributed by atoms with Gasteiger partial charge in [-0.1, -0.05) is 26.0 Å². The predicted molar refractivity (Wildman–Crippen MR) is 237 cm³/mol. The number of thioether (sulfide) groups is 1. The average Bonchev–Trinajstić information content (AvgIpc) is 3.24. The molecule has 0 unspecified atom stereocenters. The van der Waals surface area contributed by atoms with Gasteiger partial charge in [-0.05, 0) is 68.7 Å². The third-order valence-corrected chi connectivity index (χ3v) is 10.2. The highest BCUT2D eigenvalue weighted by Crippen LogP contribution is 2.12. The van der Waals surface area contributed by atoms with E-state index in [1.165, 1.54) is 37.7 Å². The molecule has 0 aliphatic heterocycles. The van der Waals surface area contributed by atoms with Gasteiger partial charge in [-0.2, -0.15) is 11.8 Å². The number of aliphatic hydroxyl groups excluding tert-OH is 2. The molecule has 26 nitrogen and oxygen atoms in total. The van der Waals surface area contributed by atoms with E-state index in [1.807, 2.05) is 0 Å². The molecule has 0 aromatic heterocycles. The summed E-state index contributed by atoms with van der Waals surface area (Å²) in [6.45, 7) is 3.27. The summed E-state index contributed by atoms with van der Waals surface area (Å²) < 4.78 is 0. The minimum absolute atomic E-state index is 0.000664. The van der Waals surface area contributed by atoms with Gasteiger partial charge in [0, 0.05) is 6.42 Å². The molecule has 1 aromatic rings. The molecule has 0 aliphatic rings. The second-order valence-electron chi connectivity index (χ2n) is 15.6. The Morgan fingerprint density at radius 1 is 0.657 bits per heavy atom. The Labute approximate surface area is 389 Å². The lowest BCUT2D eigenvalue weighted by Crippen LogP contribution is -2.60. The Morgan fingerprint density at radius 3 is 1.72 bits per heavy atom. The van der Waals surface area contributed by atoms with Gasteiger partial charge in [0.2, 0.25) is 53.2 Å². The molecule has 0 spiro atoms. The number of aliphatic carboxylic acids is 2. The van der Waals surface area contributed by atoms with Crippen LogP contribution in [0.3, 0.4) is 0 Å². The van der Waals surface area contributed by atoms with Crippen molar-refractivity contribution in [3.05, 3.63) is 29.8 Å². The standard InChI is InChI=1S/C40H62N10O16S/c1-18(2)31(40(65)66)50-37(62)24(10-11-28(42)54)46-38(63)27(17-51)48-33(58)19(3)44-39(64)32(20(4)52)49-29(55)16-43-35(60)26(15-30(56)57)47-36(61)25(12-13-67-5)45-34(59)23(41)14-21-6-8-22(53)9-7-21/h6-9,18-20,23-27,31-32,51-53H,10-17,41H2,1-5H3,(H2,42,54)(H,43,60)(H,44,64)(H,45,59)(H,46,63)(H,47,61)(H,48,58)(H,49,55)(H,50,62)(H,56,57)(H,65,66)/t19-,20+,23-,24-,25-,26-,27-,31-,32-/m0/s1. The number of benzene rings is 1. The van der Waals surface area contributed by atoms with E-state index in [4.69, 9.17) is 11.5 Å². The van der Waals surface area contributed by atoms with Crippen molar-refractivity contribution in [3.63, 3.8) is 0 Å². The lowest BCUT2D eigenvalue weighted by Gasteiger charge is -2.26. The quantitative estimate of drug-likeness (QED) is 0.0342. The molecule has 374 valence electrons. The summed E-state index contributed by atoms with van der Waals surface area (Å²) in [7, 11) is 0. The third-order valence-electron chi connectivity index (χ3n) is 9.60. The van der Waals surface area contributed by atoms with Crippen LogP contribution in [-0.4, -0.2) is 170 Å². The van der Waals surface area contributed by atoms with Gasteiger partial charge in [0.15, 0.2) is 0 Å². The van der Waals surface area contributed by atoms with Gasteiger partial charge in [-0.3, -0.25) is 47.9 Å². The van der Waals surface area contributed by atoms with Gasteiger partial charge < -0.3 is 79.5 Å². The predicted octanol–water partition coefficient (Wildman–Crippen LogP) is -5.60. The molecular formula is C40H62N10O16S. The number of nitrogens with one attached hydrogen (secondary N) is 8. The maximum absolute atomic E-state index is 13.3. The Balaban J connectivity index is 2.97. The monoisotopic (exact) mass is 970 g/mol. The summed E-state index contributed by atoms with van der Waals surface area (Å²) in [5, 5.41) is 66.5. The van der Waals surface area contributed by atoms with Gasteiger partial charge in [0.25, 0.3) is 0 Å². The molecule has 0 radical (unpaired) electrons. The zero-order valence-electron chi connectivity index (χ0n) is 37.5. The van der Waals surface area contributed by atoms with Crippen molar-refractivity contribution >= 4 is 76.9 Å². The fraction of sp³-hybridized carbons (Fsp3) is 0.575. The van der Waals surface area contributed by atoms with Crippen LogP contribution in [0.5, 0.6) is 5.75 Å². The fourth-order valence-corrected chi connectivity index (χ4v) is 6.26. The number of primary amides is 1. The van der Waals surface area contributed by atoms with Crippen LogP contribution in [0.4, 0.5) is 0 Å². The zero-order chi connectivity index (χ0) is 51.1. The van der Waals surface area contributed by atoms with Crippen molar-refractivity contribution in [2.24, 2.45) is 17.4 Å². The van der Waals surface area contributed by atoms with E-state index in [9.17, 15) is 78.3 Å². The summed E-state index contributed by atoms with van der Waals surface area (Å²) in [6, 6.07) is -6.25. The Morgan fingerprint density at radius 2 is 1.19 bits per heavy atom. The second-order valence-corrected chi connectivity index (χ2v) is 16.6. The average molecular weight is 971 g/mol. The first kappa shape index (κ1) is 58.4. The van der Waals surface area contributed by atoms with E-state index in [2.05, 4.69) is 42.5 Å². The molecule has 0 bridgehead atoms. The van der Waals surface area contributed by atoms with Crippen molar-refractivity contribution < 1.29 is 78.3 Å². The first-order chi connectivity index (χ1) is 31.3. The number of carbonyl (C=O) groups is 11. The van der Waals surface area contributed by atoms with Gasteiger partial charge in [0.05, 0.1) is 31.7 Å². The highest BCUT2D eigenvalue weighted by atomic mass is 32.2. The number of aliphatic hydroxyl groups is 2. The number of carbonyl (C=O) groups excluding carboxylic acids is 9. The SMILES string of the molecule is CSCC[C@H](NC(=O)[C@@H](N)Cc1ccc(O)cc1)C(=O)N[C@@H](CC(=O)O)C(=O)NCC(=O)N[C@H](C(=O)N[C@@H](C)C(=O)N[C@@H](CO)C(=O)N[C@@H](CCC(N)=O)C(=O)N[C@H](C(=O)O)C(C)C)[C@@H](C)O. The van der Waals surface area contributed by atoms with Crippen molar-refractivity contribution in [1.82, 2.24) is 42.5 Å². The van der Waals surface area contributed by atoms with E-state index in [0.29, 0.717) is 11.3 Å². The lowest BCUT2D eigenvalue weighted by molar-refractivity contribution is -0.143. The minimum Gasteiger partial charge on any atom is -0.508 e. The number of aromatic hydroxyl groups is 1. The van der Waals surface area contributed by atoms with E-state index >= 15 is 0 Å². The number of carboxylic acids is 2. The maximum atomic E-state index is 13.3. The van der Waals surface area contributed by atoms with Crippen LogP contribution in [0, 0.1) is 5.92 Å². The number of amides is 9. The molecule has 0 fully saturated rings. The number of phenolic OH excluding ortho intramolecular Hbond substituents is 1. The summed E-state index contributed by atoms with van der Waals surface area (Å²) in [4.78, 5) is 139. The molecule has 0 heterocycles. The molecule has 1 aromatic carbocycles. The van der Waals surface area contributed by atoms with E-state index in [1.54, 1.807) is 18.4 Å². The highest BCUT2D eigenvalue weighted by Gasteiger charge is 2.34. The van der Waals surface area contributed by atoms with Crippen molar-refractivity contribution in [2.45, 2.75) is 114 Å². The van der Waals surface area contributed by atoms with Crippen LogP contribution in [0.15, 0.2) is 24.3 Å². The number of phenols is 1.